The summed E-state index contributed by atoms with van der Waals surface area (Å²) in [6.07, 6.45) is -4.67. The molecule has 0 fully saturated rings. The molecule has 3 nitrogen and oxygen atoms in total. The van der Waals surface area contributed by atoms with Crippen LogP contribution in [0, 0.1) is 5.82 Å². The highest BCUT2D eigenvalue weighted by atomic mass is 19.4. The quantitative estimate of drug-likeness (QED) is 0.847. The molecule has 1 aromatic carbocycles. The Labute approximate surface area is 101 Å². The van der Waals surface area contributed by atoms with E-state index in [-0.39, 0.29) is 5.56 Å². The summed E-state index contributed by atoms with van der Waals surface area (Å²) in [5.74, 6) is -1.55. The van der Waals surface area contributed by atoms with E-state index in [9.17, 15) is 22.4 Å². The Morgan fingerprint density at radius 1 is 1.33 bits per heavy atom. The van der Waals surface area contributed by atoms with Gasteiger partial charge in [0.2, 0.25) is 5.91 Å². The number of alkyl halides is 3. The van der Waals surface area contributed by atoms with Gasteiger partial charge >= 0.3 is 6.18 Å². The van der Waals surface area contributed by atoms with Crippen LogP contribution >= 0.6 is 0 Å². The topological polar surface area (TPSA) is 38.3 Å². The van der Waals surface area contributed by atoms with Crippen molar-refractivity contribution in [3.63, 3.8) is 0 Å². The van der Waals surface area contributed by atoms with E-state index >= 15 is 0 Å². The fraction of sp³-hybridized carbons (Fsp3) is 0.364. The molecule has 0 radical (unpaired) electrons. The number of ether oxygens (including phenoxy) is 1. The fourth-order valence-corrected chi connectivity index (χ4v) is 1.34. The molecule has 1 amide bonds. The van der Waals surface area contributed by atoms with Crippen molar-refractivity contribution in [1.82, 2.24) is 5.32 Å². The third-order valence-corrected chi connectivity index (χ3v) is 2.11. The SMILES string of the molecule is COCC(=O)NC(c1ccc(F)cc1)C(F)(F)F. The smallest absolute Gasteiger partial charge is 0.375 e. The Bertz CT molecular complexity index is 402. The number of halogens is 4. The van der Waals surface area contributed by atoms with Gasteiger partial charge in [-0.3, -0.25) is 4.79 Å². The van der Waals surface area contributed by atoms with Crippen LogP contribution in [0.2, 0.25) is 0 Å². The molecular weight excluding hydrogens is 254 g/mol. The molecular formula is C11H11F4NO2. The van der Waals surface area contributed by atoms with Gasteiger partial charge in [-0.1, -0.05) is 12.1 Å². The molecule has 1 aromatic rings. The van der Waals surface area contributed by atoms with Gasteiger partial charge in [0.25, 0.3) is 0 Å². The first-order valence-electron chi connectivity index (χ1n) is 4.95. The van der Waals surface area contributed by atoms with Crippen molar-refractivity contribution in [3.05, 3.63) is 35.6 Å². The van der Waals surface area contributed by atoms with Crippen molar-refractivity contribution in [3.8, 4) is 0 Å². The van der Waals surface area contributed by atoms with Crippen LogP contribution in [0.15, 0.2) is 24.3 Å². The lowest BCUT2D eigenvalue weighted by molar-refractivity contribution is -0.164. The number of carbonyl (C=O) groups is 1. The van der Waals surface area contributed by atoms with E-state index < -0.39 is 30.5 Å². The first kappa shape index (κ1) is 14.4. The minimum Gasteiger partial charge on any atom is -0.375 e. The second-order valence-corrected chi connectivity index (χ2v) is 3.53. The molecule has 0 heterocycles. The zero-order valence-corrected chi connectivity index (χ0v) is 9.42. The molecule has 0 aliphatic carbocycles. The van der Waals surface area contributed by atoms with Crippen LogP contribution in [0.5, 0.6) is 0 Å². The van der Waals surface area contributed by atoms with Crippen molar-refractivity contribution < 1.29 is 27.1 Å². The molecule has 18 heavy (non-hydrogen) atoms. The van der Waals surface area contributed by atoms with E-state index in [1.807, 2.05) is 0 Å². The standard InChI is InChI=1S/C11H11F4NO2/c1-18-6-9(17)16-10(11(13,14)15)7-2-4-8(12)5-3-7/h2-5,10H,6H2,1H3,(H,16,17). The summed E-state index contributed by atoms with van der Waals surface area (Å²) in [5.41, 5.74) is -0.242. The van der Waals surface area contributed by atoms with Crippen LogP contribution in [-0.4, -0.2) is 25.8 Å². The lowest BCUT2D eigenvalue weighted by Crippen LogP contribution is -2.39. The van der Waals surface area contributed by atoms with Gasteiger partial charge in [-0.05, 0) is 17.7 Å². The van der Waals surface area contributed by atoms with Crippen LogP contribution in [0.3, 0.4) is 0 Å². The van der Waals surface area contributed by atoms with Crippen LogP contribution in [-0.2, 0) is 9.53 Å². The summed E-state index contributed by atoms with van der Waals surface area (Å²) in [4.78, 5) is 11.1. The highest BCUT2D eigenvalue weighted by molar-refractivity contribution is 5.77. The van der Waals surface area contributed by atoms with Crippen LogP contribution < -0.4 is 5.32 Å². The zero-order chi connectivity index (χ0) is 13.8. The average molecular weight is 265 g/mol. The summed E-state index contributed by atoms with van der Waals surface area (Å²) in [5, 5.41) is 1.78. The molecule has 0 aliphatic rings. The predicted octanol–water partition coefficient (Wildman–Crippen LogP) is 2.19. The zero-order valence-electron chi connectivity index (χ0n) is 9.42. The Morgan fingerprint density at radius 3 is 2.33 bits per heavy atom. The van der Waals surface area contributed by atoms with E-state index in [0.717, 1.165) is 24.3 Å². The lowest BCUT2D eigenvalue weighted by atomic mass is 10.1. The Kier molecular flexibility index (Phi) is 4.66. The van der Waals surface area contributed by atoms with E-state index in [0.29, 0.717) is 0 Å². The van der Waals surface area contributed by atoms with Crippen molar-refractivity contribution in [2.45, 2.75) is 12.2 Å². The van der Waals surface area contributed by atoms with Crippen LogP contribution in [0.25, 0.3) is 0 Å². The second kappa shape index (κ2) is 5.81. The van der Waals surface area contributed by atoms with Crippen LogP contribution in [0.4, 0.5) is 17.6 Å². The highest BCUT2D eigenvalue weighted by Gasteiger charge is 2.41. The van der Waals surface area contributed by atoms with Gasteiger partial charge in [-0.25, -0.2) is 4.39 Å². The lowest BCUT2D eigenvalue weighted by Gasteiger charge is -2.21. The third kappa shape index (κ3) is 3.99. The Hall–Kier alpha value is -1.63. The van der Waals surface area contributed by atoms with Crippen molar-refractivity contribution in [2.24, 2.45) is 0 Å². The first-order valence-corrected chi connectivity index (χ1v) is 4.95. The number of hydrogen-bond donors (Lipinski definition) is 1. The van der Waals surface area contributed by atoms with E-state index in [4.69, 9.17) is 0 Å². The molecule has 1 N–H and O–H groups in total. The fourth-order valence-electron chi connectivity index (χ4n) is 1.34. The maximum Gasteiger partial charge on any atom is 0.412 e. The number of carbonyl (C=O) groups excluding carboxylic acids is 1. The normalized spacial score (nSPS) is 13.2. The maximum atomic E-state index is 12.8. The molecule has 0 spiro atoms. The average Bonchev–Trinajstić information content (AvgIpc) is 2.26. The van der Waals surface area contributed by atoms with Crippen molar-refractivity contribution in [2.75, 3.05) is 13.7 Å². The van der Waals surface area contributed by atoms with Gasteiger partial charge in [-0.2, -0.15) is 13.2 Å². The van der Waals surface area contributed by atoms with Gasteiger partial charge < -0.3 is 10.1 Å². The summed E-state index contributed by atoms with van der Waals surface area (Å²) in [6.45, 7) is -0.478. The number of rotatable bonds is 4. The van der Waals surface area contributed by atoms with Gasteiger partial charge in [0.05, 0.1) is 0 Å². The van der Waals surface area contributed by atoms with Gasteiger partial charge in [0, 0.05) is 7.11 Å². The minimum absolute atomic E-state index is 0.242. The number of amides is 1. The van der Waals surface area contributed by atoms with Crippen molar-refractivity contribution >= 4 is 5.91 Å². The second-order valence-electron chi connectivity index (χ2n) is 3.53. The summed E-state index contributed by atoms with van der Waals surface area (Å²) in [6, 6.07) is 1.56. The number of hydrogen-bond acceptors (Lipinski definition) is 2. The van der Waals surface area contributed by atoms with E-state index in [1.54, 1.807) is 5.32 Å². The number of methoxy groups -OCH3 is 1. The first-order chi connectivity index (χ1) is 8.34. The number of benzene rings is 1. The summed E-state index contributed by atoms with van der Waals surface area (Å²) >= 11 is 0. The molecule has 7 heteroatoms. The Morgan fingerprint density at radius 2 is 1.89 bits per heavy atom. The molecule has 0 aromatic heterocycles. The molecule has 0 saturated heterocycles. The maximum absolute atomic E-state index is 12.8. The molecule has 0 aliphatic heterocycles. The van der Waals surface area contributed by atoms with Gasteiger partial charge in [-0.15, -0.1) is 0 Å². The largest absolute Gasteiger partial charge is 0.412 e. The third-order valence-electron chi connectivity index (χ3n) is 2.11. The summed E-state index contributed by atoms with van der Waals surface area (Å²) in [7, 11) is 1.19. The number of nitrogens with one attached hydrogen (secondary N) is 1. The molecule has 1 unspecified atom stereocenters. The molecule has 0 saturated carbocycles. The highest BCUT2D eigenvalue weighted by Crippen LogP contribution is 2.32. The minimum atomic E-state index is -4.67. The van der Waals surface area contributed by atoms with Gasteiger partial charge in [0.15, 0.2) is 6.04 Å². The summed E-state index contributed by atoms with van der Waals surface area (Å²) < 4.78 is 55.3. The molecule has 1 rings (SSSR count). The van der Waals surface area contributed by atoms with Crippen LogP contribution in [0.1, 0.15) is 11.6 Å². The van der Waals surface area contributed by atoms with E-state index in [2.05, 4.69) is 4.74 Å². The molecule has 100 valence electrons. The molecule has 1 atom stereocenters. The Balaban J connectivity index is 2.92. The van der Waals surface area contributed by atoms with E-state index in [1.165, 1.54) is 7.11 Å². The van der Waals surface area contributed by atoms with Crippen molar-refractivity contribution in [1.29, 1.82) is 0 Å². The van der Waals surface area contributed by atoms with Gasteiger partial charge in [0.1, 0.15) is 12.4 Å². The monoisotopic (exact) mass is 265 g/mol. The molecule has 0 bridgehead atoms. The predicted molar refractivity (Wildman–Crippen MR) is 55.2 cm³/mol.